The summed E-state index contributed by atoms with van der Waals surface area (Å²) >= 11 is 0. The van der Waals surface area contributed by atoms with Crippen molar-refractivity contribution in [1.82, 2.24) is 0 Å². The Morgan fingerprint density at radius 1 is 0.607 bits per heavy atom. The van der Waals surface area contributed by atoms with E-state index in [0.717, 1.165) is 95.9 Å². The van der Waals surface area contributed by atoms with Crippen molar-refractivity contribution >= 4 is 62.1 Å². The van der Waals surface area contributed by atoms with Gasteiger partial charge in [-0.05, 0) is 75.8 Å². The van der Waals surface area contributed by atoms with Crippen LogP contribution in [0.25, 0.3) is 33.1 Å². The third-order valence-corrected chi connectivity index (χ3v) is 11.7. The lowest BCUT2D eigenvalue weighted by Gasteiger charge is -2.36. The molecule has 1 aromatic heterocycles. The standard InChI is InChI=1S/C51H38BNO3/c1-32(2)38-18-9-11-21-43(38)53(44-22-13-20-40-39-19-10-12-23-45(39)56-51(40)44)37-30-48-50-49(31-37)55-47-29-36(34-16-7-4-8-17-34)25-27-42(47)52(50)41-26-24-35(28-46(41)54-48)33-14-5-3-6-15-33/h3-16,18-32,34H,17H2,1-2H3. The van der Waals surface area contributed by atoms with Gasteiger partial charge >= 0.3 is 0 Å². The molecular formula is C51H38BNO3. The average Bonchev–Trinajstić information content (AvgIpc) is 3.63. The molecule has 0 bridgehead atoms. The molecule has 0 radical (unpaired) electrons. The lowest BCUT2D eigenvalue weighted by molar-refractivity contribution is 0.464. The summed E-state index contributed by atoms with van der Waals surface area (Å²) in [5.41, 5.74) is 12.8. The zero-order valence-electron chi connectivity index (χ0n) is 31.3. The van der Waals surface area contributed by atoms with Gasteiger partial charge in [-0.3, -0.25) is 0 Å². The summed E-state index contributed by atoms with van der Waals surface area (Å²) in [5.74, 6) is 3.91. The van der Waals surface area contributed by atoms with Gasteiger partial charge in [0.05, 0.1) is 11.4 Å². The molecule has 268 valence electrons. The first-order chi connectivity index (χ1) is 27.6. The van der Waals surface area contributed by atoms with Crippen LogP contribution < -0.4 is 30.8 Å². The molecule has 1 aliphatic carbocycles. The zero-order valence-corrected chi connectivity index (χ0v) is 31.3. The van der Waals surface area contributed by atoms with Crippen molar-refractivity contribution in [1.29, 1.82) is 0 Å². The highest BCUT2D eigenvalue weighted by Gasteiger charge is 2.41. The van der Waals surface area contributed by atoms with Gasteiger partial charge in [0.25, 0.3) is 6.71 Å². The van der Waals surface area contributed by atoms with E-state index < -0.39 is 0 Å². The van der Waals surface area contributed by atoms with E-state index in [1.54, 1.807) is 0 Å². The van der Waals surface area contributed by atoms with Crippen molar-refractivity contribution in [2.24, 2.45) is 0 Å². The van der Waals surface area contributed by atoms with Crippen LogP contribution in [0.4, 0.5) is 17.1 Å². The van der Waals surface area contributed by atoms with Crippen molar-refractivity contribution in [2.75, 3.05) is 4.90 Å². The van der Waals surface area contributed by atoms with Gasteiger partial charge in [-0.1, -0.05) is 141 Å². The number of benzene rings is 7. The Morgan fingerprint density at radius 3 is 2.12 bits per heavy atom. The van der Waals surface area contributed by atoms with E-state index in [2.05, 4.69) is 177 Å². The molecule has 4 nitrogen and oxygen atoms in total. The number of para-hydroxylation sites is 3. The molecule has 8 aromatic rings. The van der Waals surface area contributed by atoms with Crippen LogP contribution in [-0.4, -0.2) is 6.71 Å². The lowest BCUT2D eigenvalue weighted by Crippen LogP contribution is -2.57. The second-order valence-corrected chi connectivity index (χ2v) is 15.4. The van der Waals surface area contributed by atoms with E-state index in [9.17, 15) is 0 Å². The predicted octanol–water partition coefficient (Wildman–Crippen LogP) is 12.2. The van der Waals surface area contributed by atoms with Gasteiger partial charge in [-0.15, -0.1) is 0 Å². The normalized spacial score (nSPS) is 15.0. The molecule has 1 unspecified atom stereocenters. The highest BCUT2D eigenvalue weighted by atomic mass is 16.5. The second-order valence-electron chi connectivity index (χ2n) is 15.4. The quantitative estimate of drug-likeness (QED) is 0.160. The molecular weight excluding hydrogens is 685 g/mol. The molecule has 0 saturated carbocycles. The molecule has 0 amide bonds. The Morgan fingerprint density at radius 2 is 1.32 bits per heavy atom. The van der Waals surface area contributed by atoms with Crippen LogP contribution >= 0.6 is 0 Å². The fourth-order valence-electron chi connectivity index (χ4n) is 8.99. The minimum Gasteiger partial charge on any atom is -0.458 e. The summed E-state index contributed by atoms with van der Waals surface area (Å²) in [6, 6.07) is 51.8. The SMILES string of the molecule is CC(C)c1ccccc1N(c1cc2c3c(c1)Oc1cc(C4C=CC=CC4)ccc1B3c1ccc(-c3ccccc3)cc1O2)c1cccc2c1oc1ccccc12. The molecule has 0 fully saturated rings. The minimum absolute atomic E-state index is 0.0579. The van der Waals surface area contributed by atoms with Crippen LogP contribution in [0.2, 0.25) is 0 Å². The molecule has 11 rings (SSSR count). The highest BCUT2D eigenvalue weighted by molar-refractivity contribution is 6.98. The van der Waals surface area contributed by atoms with Crippen LogP contribution in [0, 0.1) is 0 Å². The molecule has 1 atom stereocenters. The fourth-order valence-corrected chi connectivity index (χ4v) is 8.99. The monoisotopic (exact) mass is 723 g/mol. The predicted molar refractivity (Wildman–Crippen MR) is 231 cm³/mol. The Kier molecular flexibility index (Phi) is 7.56. The smallest absolute Gasteiger partial charge is 0.260 e. The van der Waals surface area contributed by atoms with Crippen LogP contribution in [0.15, 0.2) is 174 Å². The van der Waals surface area contributed by atoms with Crippen LogP contribution in [0.1, 0.15) is 43.2 Å². The highest BCUT2D eigenvalue weighted by Crippen LogP contribution is 2.48. The molecule has 3 aliphatic rings. The Balaban J connectivity index is 1.15. The van der Waals surface area contributed by atoms with Gasteiger partial charge in [-0.2, -0.15) is 0 Å². The summed E-state index contributed by atoms with van der Waals surface area (Å²) in [7, 11) is 0. The lowest BCUT2D eigenvalue weighted by atomic mass is 9.34. The maximum absolute atomic E-state index is 7.07. The number of anilines is 3. The Labute approximate surface area is 327 Å². The topological polar surface area (TPSA) is 34.8 Å². The van der Waals surface area contributed by atoms with Crippen LogP contribution in [-0.2, 0) is 0 Å². The molecule has 5 heteroatoms. The van der Waals surface area contributed by atoms with E-state index in [1.807, 2.05) is 12.1 Å². The maximum Gasteiger partial charge on any atom is 0.260 e. The second kappa shape index (κ2) is 13.0. The van der Waals surface area contributed by atoms with Crippen molar-refractivity contribution < 1.29 is 13.9 Å². The van der Waals surface area contributed by atoms with Gasteiger partial charge in [0.1, 0.15) is 28.6 Å². The van der Waals surface area contributed by atoms with E-state index in [-0.39, 0.29) is 12.6 Å². The third kappa shape index (κ3) is 5.22. The summed E-state index contributed by atoms with van der Waals surface area (Å²) < 4.78 is 20.8. The number of hydrogen-bond acceptors (Lipinski definition) is 4. The Bertz CT molecular complexity index is 2900. The number of allylic oxidation sites excluding steroid dienone is 4. The number of furan rings is 1. The third-order valence-electron chi connectivity index (χ3n) is 11.7. The van der Waals surface area contributed by atoms with E-state index >= 15 is 0 Å². The number of nitrogens with zero attached hydrogens (tertiary/aromatic N) is 1. The van der Waals surface area contributed by atoms with Gasteiger partial charge in [-0.25, -0.2) is 0 Å². The first-order valence-corrected chi connectivity index (χ1v) is 19.6. The molecule has 56 heavy (non-hydrogen) atoms. The Hall–Kier alpha value is -6.72. The molecule has 0 spiro atoms. The van der Waals surface area contributed by atoms with Gasteiger partial charge in [0, 0.05) is 40.0 Å². The maximum atomic E-state index is 7.07. The molecule has 0 N–H and O–H groups in total. The van der Waals surface area contributed by atoms with Crippen LogP contribution in [0.3, 0.4) is 0 Å². The van der Waals surface area contributed by atoms with E-state index in [4.69, 9.17) is 13.9 Å². The largest absolute Gasteiger partial charge is 0.458 e. The summed E-state index contributed by atoms with van der Waals surface area (Å²) in [6.07, 6.45) is 9.77. The molecule has 0 saturated heterocycles. The van der Waals surface area contributed by atoms with Gasteiger partial charge in [0.2, 0.25) is 0 Å². The first-order valence-electron chi connectivity index (χ1n) is 19.6. The van der Waals surface area contributed by atoms with E-state index in [1.165, 1.54) is 11.1 Å². The molecule has 2 aliphatic heterocycles. The minimum atomic E-state index is -0.0579. The number of hydrogen-bond donors (Lipinski definition) is 0. The first kappa shape index (κ1) is 32.7. The summed E-state index contributed by atoms with van der Waals surface area (Å²) in [4.78, 5) is 2.33. The fraction of sp³-hybridized carbons (Fsp3) is 0.0980. The van der Waals surface area contributed by atoms with Gasteiger partial charge < -0.3 is 18.8 Å². The number of fused-ring (bicyclic) bond motifs is 7. The van der Waals surface area contributed by atoms with E-state index in [0.29, 0.717) is 5.92 Å². The van der Waals surface area contributed by atoms with Crippen LogP contribution in [0.5, 0.6) is 23.0 Å². The van der Waals surface area contributed by atoms with Crippen molar-refractivity contribution in [3.63, 3.8) is 0 Å². The summed E-state index contributed by atoms with van der Waals surface area (Å²) in [5, 5.41) is 2.17. The number of ether oxygens (including phenoxy) is 2. The molecule has 7 aromatic carbocycles. The van der Waals surface area contributed by atoms with Crippen molar-refractivity contribution in [2.45, 2.75) is 32.1 Å². The van der Waals surface area contributed by atoms with Gasteiger partial charge in [0.15, 0.2) is 5.58 Å². The number of rotatable bonds is 6. The average molecular weight is 724 g/mol. The molecule has 3 heterocycles. The zero-order chi connectivity index (χ0) is 37.3. The van der Waals surface area contributed by atoms with Crippen molar-refractivity contribution in [3.05, 3.63) is 181 Å². The summed E-state index contributed by atoms with van der Waals surface area (Å²) in [6.45, 7) is 4.44. The van der Waals surface area contributed by atoms with Crippen molar-refractivity contribution in [3.8, 4) is 34.1 Å².